The molecule has 2 N–H and O–H groups in total. The van der Waals surface area contributed by atoms with Gasteiger partial charge in [-0.3, -0.25) is 4.72 Å². The molecule has 2 aromatic rings. The van der Waals surface area contributed by atoms with Crippen molar-refractivity contribution in [1.29, 1.82) is 0 Å². The highest BCUT2D eigenvalue weighted by atomic mass is 32.2. The highest BCUT2D eigenvalue weighted by molar-refractivity contribution is 7.92. The minimum absolute atomic E-state index is 0.130. The van der Waals surface area contributed by atoms with E-state index >= 15 is 0 Å². The quantitative estimate of drug-likeness (QED) is 0.910. The van der Waals surface area contributed by atoms with E-state index in [1.807, 2.05) is 4.72 Å². The zero-order chi connectivity index (χ0) is 15.6. The normalized spacial score (nSPS) is 11.4. The summed E-state index contributed by atoms with van der Waals surface area (Å²) >= 11 is 0. The number of sulfonamides is 1. The maximum Gasteiger partial charge on any atom is 0.265 e. The molecule has 0 spiro atoms. The predicted octanol–water partition coefficient (Wildman–Crippen LogP) is 2.40. The average Bonchev–Trinajstić information content (AvgIpc) is 2.43. The lowest BCUT2D eigenvalue weighted by Gasteiger charge is -2.11. The van der Waals surface area contributed by atoms with E-state index in [2.05, 4.69) is 0 Å². The summed E-state index contributed by atoms with van der Waals surface area (Å²) in [6.07, 6.45) is 0. The number of anilines is 1. The van der Waals surface area contributed by atoms with E-state index in [0.717, 1.165) is 12.1 Å². The molecule has 0 aliphatic carbocycles. The van der Waals surface area contributed by atoms with Crippen LogP contribution in [0.3, 0.4) is 0 Å². The monoisotopic (exact) mass is 317 g/mol. The number of nitrogens with one attached hydrogen (secondary N) is 1. The van der Waals surface area contributed by atoms with Crippen LogP contribution in [-0.4, -0.2) is 13.5 Å². The van der Waals surface area contributed by atoms with Crippen LogP contribution < -0.4 is 4.72 Å². The fourth-order valence-electron chi connectivity index (χ4n) is 1.66. The van der Waals surface area contributed by atoms with Crippen molar-refractivity contribution in [2.75, 3.05) is 4.72 Å². The lowest BCUT2D eigenvalue weighted by molar-refractivity contribution is 0.276. The van der Waals surface area contributed by atoms with E-state index in [9.17, 15) is 21.6 Å². The number of aliphatic hydroxyl groups excluding tert-OH is 1. The zero-order valence-corrected chi connectivity index (χ0v) is 11.3. The molecule has 2 aromatic carbocycles. The van der Waals surface area contributed by atoms with Crippen molar-refractivity contribution < 1.29 is 26.7 Å². The van der Waals surface area contributed by atoms with E-state index in [-0.39, 0.29) is 5.56 Å². The summed E-state index contributed by atoms with van der Waals surface area (Å²) in [5, 5.41) is 8.91. The maximum absolute atomic E-state index is 13.8. The molecular formula is C13H10F3NO3S. The molecule has 21 heavy (non-hydrogen) atoms. The molecule has 0 radical (unpaired) electrons. The van der Waals surface area contributed by atoms with Crippen LogP contribution in [0, 0.1) is 17.5 Å². The van der Waals surface area contributed by atoms with Gasteiger partial charge in [0.15, 0.2) is 5.82 Å². The molecule has 112 valence electrons. The van der Waals surface area contributed by atoms with Crippen LogP contribution in [0.4, 0.5) is 18.9 Å². The first-order chi connectivity index (χ1) is 9.85. The van der Waals surface area contributed by atoms with E-state index < -0.39 is 44.7 Å². The Morgan fingerprint density at radius 2 is 1.81 bits per heavy atom. The molecule has 0 fully saturated rings. The first-order valence-electron chi connectivity index (χ1n) is 5.71. The first kappa shape index (κ1) is 15.3. The van der Waals surface area contributed by atoms with Gasteiger partial charge in [-0.2, -0.15) is 0 Å². The van der Waals surface area contributed by atoms with Crippen molar-refractivity contribution in [3.8, 4) is 0 Å². The second-order valence-electron chi connectivity index (χ2n) is 4.12. The minimum Gasteiger partial charge on any atom is -0.392 e. The molecule has 0 saturated carbocycles. The third-order valence-electron chi connectivity index (χ3n) is 2.68. The van der Waals surface area contributed by atoms with Crippen LogP contribution >= 0.6 is 0 Å². The topological polar surface area (TPSA) is 66.4 Å². The molecule has 0 aliphatic heterocycles. The Kier molecular flexibility index (Phi) is 4.19. The molecule has 8 heteroatoms. The van der Waals surface area contributed by atoms with Gasteiger partial charge in [-0.15, -0.1) is 0 Å². The van der Waals surface area contributed by atoms with Crippen LogP contribution in [0.2, 0.25) is 0 Å². The third kappa shape index (κ3) is 3.17. The van der Waals surface area contributed by atoms with Gasteiger partial charge in [-0.1, -0.05) is 12.1 Å². The van der Waals surface area contributed by atoms with Gasteiger partial charge in [0, 0.05) is 5.56 Å². The number of hydrogen-bond acceptors (Lipinski definition) is 3. The van der Waals surface area contributed by atoms with E-state index in [1.165, 1.54) is 12.1 Å². The molecule has 0 unspecified atom stereocenters. The van der Waals surface area contributed by atoms with Crippen molar-refractivity contribution in [1.82, 2.24) is 0 Å². The van der Waals surface area contributed by atoms with Crippen molar-refractivity contribution in [2.24, 2.45) is 0 Å². The maximum atomic E-state index is 13.8. The Morgan fingerprint density at radius 3 is 2.48 bits per heavy atom. The van der Waals surface area contributed by atoms with Gasteiger partial charge in [0.2, 0.25) is 0 Å². The highest BCUT2D eigenvalue weighted by Gasteiger charge is 2.22. The van der Waals surface area contributed by atoms with Crippen molar-refractivity contribution in [3.63, 3.8) is 0 Å². The Balaban J connectivity index is 2.45. The smallest absolute Gasteiger partial charge is 0.265 e. The summed E-state index contributed by atoms with van der Waals surface area (Å²) in [6, 6.07) is 5.59. The molecular weight excluding hydrogens is 307 g/mol. The molecule has 4 nitrogen and oxygen atoms in total. The summed E-state index contributed by atoms with van der Waals surface area (Å²) in [4.78, 5) is -0.934. The summed E-state index contributed by atoms with van der Waals surface area (Å²) < 4.78 is 66.2. The second kappa shape index (κ2) is 5.74. The summed E-state index contributed by atoms with van der Waals surface area (Å²) in [5.41, 5.74) is -0.597. The van der Waals surface area contributed by atoms with Gasteiger partial charge in [-0.05, 0) is 24.3 Å². The molecule has 2 rings (SSSR count). The molecule has 0 aromatic heterocycles. The van der Waals surface area contributed by atoms with Crippen LogP contribution in [-0.2, 0) is 16.6 Å². The Hall–Kier alpha value is -2.06. The molecule has 0 bridgehead atoms. The van der Waals surface area contributed by atoms with Crippen molar-refractivity contribution >= 4 is 15.7 Å². The van der Waals surface area contributed by atoms with Crippen LogP contribution in [0.1, 0.15) is 5.56 Å². The van der Waals surface area contributed by atoms with Gasteiger partial charge in [0.1, 0.15) is 16.5 Å². The number of hydrogen-bond donors (Lipinski definition) is 2. The number of benzene rings is 2. The van der Waals surface area contributed by atoms with Crippen molar-refractivity contribution in [2.45, 2.75) is 11.5 Å². The van der Waals surface area contributed by atoms with Gasteiger partial charge < -0.3 is 5.11 Å². The van der Waals surface area contributed by atoms with Crippen molar-refractivity contribution in [3.05, 3.63) is 59.4 Å². The standard InChI is InChI=1S/C13H10F3NO3S/c14-9-4-5-10(15)12(6-9)21(19,20)17-11-3-1-2-8(7-18)13(11)16/h1-6,17-18H,7H2. The fraction of sp³-hybridized carbons (Fsp3) is 0.0769. The Bertz CT molecular complexity index is 778. The lowest BCUT2D eigenvalue weighted by Crippen LogP contribution is -2.16. The van der Waals surface area contributed by atoms with Crippen LogP contribution in [0.15, 0.2) is 41.3 Å². The van der Waals surface area contributed by atoms with Gasteiger partial charge in [0.25, 0.3) is 10.0 Å². The summed E-state index contributed by atoms with van der Waals surface area (Å²) in [7, 11) is -4.50. The van der Waals surface area contributed by atoms with Gasteiger partial charge in [0.05, 0.1) is 12.3 Å². The SMILES string of the molecule is O=S(=O)(Nc1cccc(CO)c1F)c1cc(F)ccc1F. The molecule has 0 aliphatic rings. The molecule has 0 saturated heterocycles. The number of rotatable bonds is 4. The molecule has 0 atom stereocenters. The van der Waals surface area contributed by atoms with E-state index in [4.69, 9.17) is 5.11 Å². The summed E-state index contributed by atoms with van der Waals surface area (Å²) in [6.45, 7) is -0.629. The van der Waals surface area contributed by atoms with Crippen LogP contribution in [0.5, 0.6) is 0 Å². The average molecular weight is 317 g/mol. The second-order valence-corrected chi connectivity index (χ2v) is 5.77. The van der Waals surface area contributed by atoms with E-state index in [1.54, 1.807) is 0 Å². The Morgan fingerprint density at radius 1 is 1.10 bits per heavy atom. The lowest BCUT2D eigenvalue weighted by atomic mass is 10.2. The summed E-state index contributed by atoms with van der Waals surface area (Å²) in [5.74, 6) is -3.09. The van der Waals surface area contributed by atoms with Gasteiger partial charge in [-0.25, -0.2) is 21.6 Å². The molecule has 0 amide bonds. The first-order valence-corrected chi connectivity index (χ1v) is 7.19. The van der Waals surface area contributed by atoms with E-state index in [0.29, 0.717) is 12.1 Å². The van der Waals surface area contributed by atoms with Gasteiger partial charge >= 0.3 is 0 Å². The highest BCUT2D eigenvalue weighted by Crippen LogP contribution is 2.23. The molecule has 0 heterocycles. The largest absolute Gasteiger partial charge is 0.392 e. The fourth-order valence-corrected chi connectivity index (χ4v) is 2.81. The predicted molar refractivity (Wildman–Crippen MR) is 69.5 cm³/mol. The number of aliphatic hydroxyl groups is 1. The minimum atomic E-state index is -4.50. The number of halogens is 3. The third-order valence-corrected chi connectivity index (χ3v) is 4.06. The Labute approximate surface area is 118 Å². The van der Waals surface area contributed by atoms with Crippen LogP contribution in [0.25, 0.3) is 0 Å². The zero-order valence-electron chi connectivity index (χ0n) is 10.5.